The summed E-state index contributed by atoms with van der Waals surface area (Å²) in [6.07, 6.45) is 15.7. The predicted molar refractivity (Wildman–Crippen MR) is 133 cm³/mol. The fourth-order valence-electron chi connectivity index (χ4n) is 10.4. The van der Waals surface area contributed by atoms with Crippen LogP contribution in [0.3, 0.4) is 0 Å². The largest absolute Gasteiger partial charge is 0.390 e. The van der Waals surface area contributed by atoms with Crippen molar-refractivity contribution in [3.8, 4) is 0 Å². The highest BCUT2D eigenvalue weighted by Gasteiger charge is 2.65. The van der Waals surface area contributed by atoms with Crippen LogP contribution in [0.5, 0.6) is 0 Å². The van der Waals surface area contributed by atoms with E-state index in [4.69, 9.17) is 0 Å². The van der Waals surface area contributed by atoms with Crippen LogP contribution in [0.2, 0.25) is 0 Å². The first-order valence-electron chi connectivity index (χ1n) is 14.0. The van der Waals surface area contributed by atoms with E-state index < -0.39 is 15.4 Å². The number of rotatable bonds is 4. The lowest BCUT2D eigenvalue weighted by molar-refractivity contribution is -0.135. The van der Waals surface area contributed by atoms with E-state index in [0.717, 1.165) is 43.4 Å². The molecule has 5 aliphatic rings. The number of Topliss-reactive ketones (excluding diaryl/α,β-unsaturated/α-hetero) is 1. The first kappa shape index (κ1) is 24.1. The lowest BCUT2D eigenvalue weighted by Gasteiger charge is -2.57. The third-order valence-corrected chi connectivity index (χ3v) is 12.5. The van der Waals surface area contributed by atoms with Gasteiger partial charge in [-0.1, -0.05) is 13.3 Å². The lowest BCUT2D eigenvalue weighted by atomic mass is 9.48. The normalized spacial score (nSPS) is 47.0. The average molecular weight is 503 g/mol. The fraction of sp³-hybridized carbons (Fsp3) is 0.857. The molecule has 0 amide bonds. The Hall–Kier alpha value is -1.21. The summed E-state index contributed by atoms with van der Waals surface area (Å²) in [5.74, 6) is 5.02. The zero-order chi connectivity index (χ0) is 24.8. The van der Waals surface area contributed by atoms with Crippen LogP contribution in [0, 0.1) is 52.8 Å². The maximum atomic E-state index is 13.9. The van der Waals surface area contributed by atoms with Crippen LogP contribution in [0.25, 0.3) is 0 Å². The molecule has 1 heterocycles. The molecule has 7 heteroatoms. The van der Waals surface area contributed by atoms with Gasteiger partial charge in [-0.25, -0.2) is 8.42 Å². The third-order valence-electron chi connectivity index (χ3n) is 11.5. The SMILES string of the molecule is C[C@@]1(O)CC[C@H]2C(CCC3C4[C@@H]5CCC[C@@H]5[C@H](C(=O)Cn5cc(S(C)(=O)=O)cn5)[C@@]4(C)CC[C@@H]32)C1. The molecule has 5 fully saturated rings. The highest BCUT2D eigenvalue weighted by Crippen LogP contribution is 2.70. The number of nitrogens with zero attached hydrogens (tertiary/aromatic N) is 2. The maximum Gasteiger partial charge on any atom is 0.178 e. The van der Waals surface area contributed by atoms with E-state index in [9.17, 15) is 18.3 Å². The summed E-state index contributed by atoms with van der Waals surface area (Å²) < 4.78 is 25.3. The molecular weight excluding hydrogens is 460 g/mol. The van der Waals surface area contributed by atoms with E-state index >= 15 is 0 Å². The molecule has 0 bridgehead atoms. The molecule has 0 aromatic carbocycles. The monoisotopic (exact) mass is 502 g/mol. The van der Waals surface area contributed by atoms with Crippen LogP contribution < -0.4 is 0 Å². The van der Waals surface area contributed by atoms with Gasteiger partial charge < -0.3 is 5.11 Å². The van der Waals surface area contributed by atoms with Crippen molar-refractivity contribution < 1.29 is 18.3 Å². The Morgan fingerprint density at radius 3 is 2.49 bits per heavy atom. The van der Waals surface area contributed by atoms with Gasteiger partial charge in [0, 0.05) is 18.4 Å². The van der Waals surface area contributed by atoms with Crippen molar-refractivity contribution in [1.29, 1.82) is 0 Å². The zero-order valence-corrected chi connectivity index (χ0v) is 22.3. The molecule has 0 saturated heterocycles. The molecule has 5 saturated carbocycles. The molecule has 194 valence electrons. The minimum absolute atomic E-state index is 0.0494. The minimum atomic E-state index is -3.32. The number of carbonyl (C=O) groups excluding carboxylic acids is 1. The highest BCUT2D eigenvalue weighted by atomic mass is 32.2. The fourth-order valence-corrected chi connectivity index (χ4v) is 10.9. The molecule has 0 radical (unpaired) electrons. The van der Waals surface area contributed by atoms with Gasteiger partial charge in [-0.05, 0) is 112 Å². The van der Waals surface area contributed by atoms with Gasteiger partial charge in [0.1, 0.15) is 4.90 Å². The molecule has 1 aromatic heterocycles. The van der Waals surface area contributed by atoms with Gasteiger partial charge in [-0.15, -0.1) is 0 Å². The molecule has 35 heavy (non-hydrogen) atoms. The van der Waals surface area contributed by atoms with Crippen LogP contribution >= 0.6 is 0 Å². The smallest absolute Gasteiger partial charge is 0.178 e. The maximum absolute atomic E-state index is 13.9. The van der Waals surface area contributed by atoms with E-state index in [-0.39, 0.29) is 28.6 Å². The average Bonchev–Trinajstić information content (AvgIpc) is 3.46. The van der Waals surface area contributed by atoms with Crippen molar-refractivity contribution in [3.63, 3.8) is 0 Å². The third kappa shape index (κ3) is 3.86. The summed E-state index contributed by atoms with van der Waals surface area (Å²) in [4.78, 5) is 14.1. The summed E-state index contributed by atoms with van der Waals surface area (Å²) >= 11 is 0. The van der Waals surface area contributed by atoms with Crippen molar-refractivity contribution in [3.05, 3.63) is 12.4 Å². The number of hydrogen-bond acceptors (Lipinski definition) is 5. The van der Waals surface area contributed by atoms with Gasteiger partial charge >= 0.3 is 0 Å². The number of ketones is 1. The quantitative estimate of drug-likeness (QED) is 0.654. The Labute approximate surface area is 210 Å². The first-order chi connectivity index (χ1) is 16.5. The molecule has 1 N–H and O–H groups in total. The zero-order valence-electron chi connectivity index (χ0n) is 21.5. The number of aliphatic hydroxyl groups is 1. The second kappa shape index (κ2) is 8.14. The summed E-state index contributed by atoms with van der Waals surface area (Å²) in [5.41, 5.74) is -0.435. The number of fused-ring (bicyclic) bond motifs is 7. The Bertz CT molecular complexity index is 1110. The number of sulfone groups is 1. The predicted octanol–water partition coefficient (Wildman–Crippen LogP) is 4.51. The van der Waals surface area contributed by atoms with E-state index in [1.807, 2.05) is 6.92 Å². The van der Waals surface area contributed by atoms with Crippen molar-refractivity contribution in [2.75, 3.05) is 6.26 Å². The molecule has 6 rings (SSSR count). The first-order valence-corrected chi connectivity index (χ1v) is 15.8. The standard InChI is InChI=1S/C28H42N2O4S/c1-27(32)11-9-19-17(13-27)7-8-23-20(19)10-12-28(2)25(23)21-5-4-6-22(21)26(28)24(31)16-30-15-18(14-29-30)35(3,33)34/h14-15,17,19-23,25-26,32H,4-13,16H2,1-3H3/t17?,19-,20+,21+,22-,23?,25?,26+,27+,28-/m0/s1. The van der Waals surface area contributed by atoms with Crippen LogP contribution in [0.15, 0.2) is 17.3 Å². The van der Waals surface area contributed by atoms with Crippen LogP contribution in [0.4, 0.5) is 0 Å². The molecule has 5 aliphatic carbocycles. The van der Waals surface area contributed by atoms with Crippen molar-refractivity contribution in [2.24, 2.45) is 52.8 Å². The molecule has 0 aliphatic heterocycles. The van der Waals surface area contributed by atoms with Gasteiger partial charge in [0.2, 0.25) is 0 Å². The van der Waals surface area contributed by atoms with Gasteiger partial charge in [-0.3, -0.25) is 9.48 Å². The van der Waals surface area contributed by atoms with Gasteiger partial charge in [-0.2, -0.15) is 5.10 Å². The minimum Gasteiger partial charge on any atom is -0.390 e. The van der Waals surface area contributed by atoms with Crippen molar-refractivity contribution >= 4 is 15.6 Å². The molecule has 6 nitrogen and oxygen atoms in total. The molecule has 10 atom stereocenters. The van der Waals surface area contributed by atoms with Crippen LogP contribution in [-0.4, -0.2) is 40.9 Å². The van der Waals surface area contributed by atoms with E-state index in [1.165, 1.54) is 57.2 Å². The van der Waals surface area contributed by atoms with Gasteiger partial charge in [0.15, 0.2) is 15.6 Å². The second-order valence-corrected chi connectivity index (χ2v) is 15.5. The van der Waals surface area contributed by atoms with E-state index in [2.05, 4.69) is 12.0 Å². The molecule has 0 spiro atoms. The Kier molecular flexibility index (Phi) is 5.62. The van der Waals surface area contributed by atoms with Gasteiger partial charge in [0.25, 0.3) is 0 Å². The van der Waals surface area contributed by atoms with Crippen molar-refractivity contribution in [1.82, 2.24) is 9.78 Å². The summed E-state index contributed by atoms with van der Waals surface area (Å²) in [5, 5.41) is 14.9. The molecule has 1 aromatic rings. The Morgan fingerprint density at radius 1 is 1.03 bits per heavy atom. The van der Waals surface area contributed by atoms with Crippen LogP contribution in [-0.2, 0) is 21.2 Å². The number of aromatic nitrogens is 2. The van der Waals surface area contributed by atoms with Crippen molar-refractivity contribution in [2.45, 2.75) is 95.1 Å². The molecular formula is C28H42N2O4S. The highest BCUT2D eigenvalue weighted by molar-refractivity contribution is 7.90. The Balaban J connectivity index is 1.26. The molecule has 3 unspecified atom stereocenters. The number of carbonyl (C=O) groups is 1. The second-order valence-electron chi connectivity index (χ2n) is 13.5. The Morgan fingerprint density at radius 2 is 1.74 bits per heavy atom. The van der Waals surface area contributed by atoms with E-state index in [0.29, 0.717) is 23.7 Å². The topological polar surface area (TPSA) is 89.3 Å². The summed E-state index contributed by atoms with van der Waals surface area (Å²) in [6.45, 7) is 4.64. The number of hydrogen-bond donors (Lipinski definition) is 1. The summed E-state index contributed by atoms with van der Waals surface area (Å²) in [6, 6.07) is 0. The van der Waals surface area contributed by atoms with E-state index in [1.54, 1.807) is 4.68 Å². The lowest BCUT2D eigenvalue weighted by Crippen LogP contribution is -2.52. The van der Waals surface area contributed by atoms with Crippen LogP contribution in [0.1, 0.15) is 78.1 Å². The summed E-state index contributed by atoms with van der Waals surface area (Å²) in [7, 11) is -3.32. The van der Waals surface area contributed by atoms with Gasteiger partial charge in [0.05, 0.1) is 18.3 Å².